The second-order valence-corrected chi connectivity index (χ2v) is 8.94. The summed E-state index contributed by atoms with van der Waals surface area (Å²) >= 11 is 0. The Morgan fingerprint density at radius 2 is 1.30 bits per heavy atom. The summed E-state index contributed by atoms with van der Waals surface area (Å²) in [6.45, 7) is 20.0. The number of rotatable bonds is 5. The summed E-state index contributed by atoms with van der Waals surface area (Å²) in [5, 5.41) is 0. The molecule has 2 unspecified atom stereocenters. The Balaban J connectivity index is 2.99. The molecule has 0 saturated heterocycles. The monoisotopic (exact) mass is 326 g/mol. The maximum atomic E-state index is 5.80. The largest absolute Gasteiger partial charge is 0.230 e. The highest BCUT2D eigenvalue weighted by Gasteiger charge is 2.39. The molecule has 0 amide bonds. The molecular weight excluding hydrogens is 292 g/mol. The lowest BCUT2D eigenvalue weighted by Crippen LogP contribution is -2.41. The molecule has 0 bridgehead atoms. The van der Waals surface area contributed by atoms with E-state index in [1.54, 1.807) is 0 Å². The van der Waals surface area contributed by atoms with Crippen LogP contribution in [0.25, 0.3) is 0 Å². The van der Waals surface area contributed by atoms with E-state index in [4.69, 9.17) is 19.6 Å². The van der Waals surface area contributed by atoms with Gasteiger partial charge < -0.3 is 0 Å². The quantitative estimate of drug-likeness (QED) is 0.398. The van der Waals surface area contributed by atoms with Crippen molar-refractivity contribution in [2.24, 2.45) is 5.92 Å². The van der Waals surface area contributed by atoms with Gasteiger partial charge in [-0.1, -0.05) is 13.8 Å². The van der Waals surface area contributed by atoms with E-state index in [1.165, 1.54) is 0 Å². The summed E-state index contributed by atoms with van der Waals surface area (Å²) in [7, 11) is 0. The topological polar surface area (TPSA) is 36.9 Å². The third kappa shape index (κ3) is 6.38. The Hall–Kier alpha value is -0.680. The van der Waals surface area contributed by atoms with Gasteiger partial charge in [0.05, 0.1) is 11.2 Å². The van der Waals surface area contributed by atoms with Crippen LogP contribution in [0.5, 0.6) is 0 Å². The first-order valence-electron chi connectivity index (χ1n) is 8.33. The average Bonchev–Trinajstić information content (AvgIpc) is 2.36. The molecule has 2 atom stereocenters. The summed E-state index contributed by atoms with van der Waals surface area (Å²) in [5.74, 6) is 0.283. The van der Waals surface area contributed by atoms with Gasteiger partial charge >= 0.3 is 0 Å². The molecule has 0 N–H and O–H groups in total. The van der Waals surface area contributed by atoms with Crippen LogP contribution < -0.4 is 0 Å². The first-order chi connectivity index (χ1) is 10.2. The van der Waals surface area contributed by atoms with E-state index in [2.05, 4.69) is 19.9 Å². The molecule has 1 aliphatic rings. The van der Waals surface area contributed by atoms with Crippen molar-refractivity contribution in [3.05, 3.63) is 23.8 Å². The van der Waals surface area contributed by atoms with Gasteiger partial charge in [-0.15, -0.1) is 0 Å². The lowest BCUT2D eigenvalue weighted by Gasteiger charge is -2.39. The Labute approximate surface area is 141 Å². The Morgan fingerprint density at radius 1 is 0.826 bits per heavy atom. The van der Waals surface area contributed by atoms with Gasteiger partial charge in [0.2, 0.25) is 0 Å². The lowest BCUT2D eigenvalue weighted by atomic mass is 9.79. The van der Waals surface area contributed by atoms with E-state index < -0.39 is 11.2 Å². The Bertz CT molecular complexity index is 465. The van der Waals surface area contributed by atoms with Gasteiger partial charge in [-0.05, 0) is 85.1 Å². The van der Waals surface area contributed by atoms with Crippen LogP contribution in [-0.2, 0) is 19.6 Å². The van der Waals surface area contributed by atoms with Crippen LogP contribution in [0.2, 0.25) is 0 Å². The zero-order valence-corrected chi connectivity index (χ0v) is 16.4. The highest BCUT2D eigenvalue weighted by atomic mass is 17.2. The van der Waals surface area contributed by atoms with Crippen LogP contribution >= 0.6 is 0 Å². The van der Waals surface area contributed by atoms with Crippen molar-refractivity contribution in [2.75, 3.05) is 0 Å². The fourth-order valence-electron chi connectivity index (χ4n) is 2.21. The highest BCUT2D eigenvalue weighted by molar-refractivity contribution is 5.36. The van der Waals surface area contributed by atoms with Crippen LogP contribution in [-0.4, -0.2) is 22.4 Å². The first kappa shape index (κ1) is 20.4. The van der Waals surface area contributed by atoms with E-state index in [9.17, 15) is 0 Å². The SMILES string of the molecule is CC(C)C1=CC(C)(OOC(C)(C)C)C=CC1(C)OOC(C)(C)C. The number of hydrogen-bond donors (Lipinski definition) is 0. The van der Waals surface area contributed by atoms with Gasteiger partial charge in [-0.2, -0.15) is 0 Å². The number of hydrogen-bond acceptors (Lipinski definition) is 4. The fourth-order valence-corrected chi connectivity index (χ4v) is 2.21. The van der Waals surface area contributed by atoms with Crippen molar-refractivity contribution in [2.45, 2.75) is 91.6 Å². The van der Waals surface area contributed by atoms with Gasteiger partial charge in [-0.25, -0.2) is 19.6 Å². The molecule has 0 heterocycles. The molecule has 4 nitrogen and oxygen atoms in total. The van der Waals surface area contributed by atoms with Crippen molar-refractivity contribution >= 4 is 0 Å². The summed E-state index contributed by atoms with van der Waals surface area (Å²) in [4.78, 5) is 22.6. The Kier molecular flexibility index (Phi) is 5.91. The molecule has 134 valence electrons. The summed E-state index contributed by atoms with van der Waals surface area (Å²) in [6, 6.07) is 0. The van der Waals surface area contributed by atoms with Crippen molar-refractivity contribution < 1.29 is 19.6 Å². The van der Waals surface area contributed by atoms with E-state index >= 15 is 0 Å². The summed E-state index contributed by atoms with van der Waals surface area (Å²) < 4.78 is 0. The molecule has 23 heavy (non-hydrogen) atoms. The molecule has 0 saturated carbocycles. The molecule has 0 aromatic rings. The predicted octanol–water partition coefficient (Wildman–Crippen LogP) is 5.15. The van der Waals surface area contributed by atoms with E-state index in [0.29, 0.717) is 0 Å². The molecule has 0 radical (unpaired) electrons. The molecule has 4 heteroatoms. The van der Waals surface area contributed by atoms with Crippen LogP contribution in [0.4, 0.5) is 0 Å². The summed E-state index contributed by atoms with van der Waals surface area (Å²) in [6.07, 6.45) is 6.01. The van der Waals surface area contributed by atoms with Crippen LogP contribution in [0, 0.1) is 5.92 Å². The minimum absolute atomic E-state index is 0.283. The standard InChI is InChI=1S/C19H34O4/c1-14(2)15-13-18(9,22-20-16(3,4)5)11-12-19(15,10)23-21-17(6,7)8/h11-14H,1-10H3. The first-order valence-corrected chi connectivity index (χ1v) is 8.33. The van der Waals surface area contributed by atoms with Crippen LogP contribution in [0.1, 0.15) is 69.2 Å². The van der Waals surface area contributed by atoms with E-state index in [0.717, 1.165) is 5.57 Å². The fraction of sp³-hybridized carbons (Fsp3) is 0.789. The molecular formula is C19H34O4. The smallest absolute Gasteiger partial charge is 0.140 e. The van der Waals surface area contributed by atoms with Crippen molar-refractivity contribution in [3.63, 3.8) is 0 Å². The molecule has 1 rings (SSSR count). The minimum atomic E-state index is -0.627. The van der Waals surface area contributed by atoms with Gasteiger partial charge in [-0.3, -0.25) is 0 Å². The lowest BCUT2D eigenvalue weighted by molar-refractivity contribution is -0.390. The minimum Gasteiger partial charge on any atom is -0.230 e. The van der Waals surface area contributed by atoms with Crippen LogP contribution in [0.3, 0.4) is 0 Å². The molecule has 0 aliphatic heterocycles. The molecule has 0 aromatic heterocycles. The normalized spacial score (nSPS) is 29.1. The van der Waals surface area contributed by atoms with Crippen molar-refractivity contribution in [3.8, 4) is 0 Å². The molecule has 0 aromatic carbocycles. The predicted molar refractivity (Wildman–Crippen MR) is 92.7 cm³/mol. The average molecular weight is 326 g/mol. The zero-order valence-electron chi connectivity index (χ0n) is 16.4. The Morgan fingerprint density at radius 3 is 1.74 bits per heavy atom. The van der Waals surface area contributed by atoms with Gasteiger partial charge in [0.15, 0.2) is 0 Å². The van der Waals surface area contributed by atoms with Gasteiger partial charge in [0.25, 0.3) is 0 Å². The van der Waals surface area contributed by atoms with E-state index in [-0.39, 0.29) is 17.1 Å². The third-order valence-electron chi connectivity index (χ3n) is 3.31. The third-order valence-corrected chi connectivity index (χ3v) is 3.31. The molecule has 0 fully saturated rings. The molecule has 1 aliphatic carbocycles. The van der Waals surface area contributed by atoms with Crippen LogP contribution in [0.15, 0.2) is 23.8 Å². The van der Waals surface area contributed by atoms with Gasteiger partial charge in [0, 0.05) is 0 Å². The highest BCUT2D eigenvalue weighted by Crippen LogP contribution is 2.38. The second-order valence-electron chi connectivity index (χ2n) is 8.94. The maximum absolute atomic E-state index is 5.80. The van der Waals surface area contributed by atoms with Crippen molar-refractivity contribution in [1.29, 1.82) is 0 Å². The summed E-state index contributed by atoms with van der Waals surface area (Å²) in [5.41, 5.74) is -0.881. The van der Waals surface area contributed by atoms with E-state index in [1.807, 2.05) is 67.5 Å². The maximum Gasteiger partial charge on any atom is 0.140 e. The van der Waals surface area contributed by atoms with Crippen molar-refractivity contribution in [1.82, 2.24) is 0 Å². The second kappa shape index (κ2) is 6.67. The van der Waals surface area contributed by atoms with Gasteiger partial charge in [0.1, 0.15) is 11.2 Å². The zero-order chi connectivity index (χ0) is 18.1. The molecule has 0 spiro atoms.